The molecule has 0 amide bonds. The van der Waals surface area contributed by atoms with Crippen molar-refractivity contribution >= 4 is 11.4 Å². The SMILES string of the molecule is CN(C)C.Cc1ccc(N(C)c2ccccc2)cc1. The van der Waals surface area contributed by atoms with Crippen molar-refractivity contribution in [2.75, 3.05) is 33.1 Å². The van der Waals surface area contributed by atoms with E-state index in [4.69, 9.17) is 0 Å². The highest BCUT2D eigenvalue weighted by Crippen LogP contribution is 2.22. The summed E-state index contributed by atoms with van der Waals surface area (Å²) in [5.41, 5.74) is 3.72. The van der Waals surface area contributed by atoms with Crippen molar-refractivity contribution in [3.63, 3.8) is 0 Å². The smallest absolute Gasteiger partial charge is 0.0408 e. The fourth-order valence-corrected chi connectivity index (χ4v) is 1.57. The molecule has 0 heterocycles. The molecule has 0 aliphatic heterocycles. The molecule has 2 heteroatoms. The zero-order valence-electron chi connectivity index (χ0n) is 12.6. The number of nitrogens with zero attached hydrogens (tertiary/aromatic N) is 2. The van der Waals surface area contributed by atoms with Gasteiger partial charge in [0.25, 0.3) is 0 Å². The Morgan fingerprint density at radius 1 is 0.632 bits per heavy atom. The highest BCUT2D eigenvalue weighted by atomic mass is 15.1. The Bertz CT molecular complexity index is 458. The average Bonchev–Trinajstić information content (AvgIpc) is 2.39. The van der Waals surface area contributed by atoms with E-state index in [1.165, 1.54) is 16.9 Å². The van der Waals surface area contributed by atoms with Gasteiger partial charge in [-0.15, -0.1) is 0 Å². The molecule has 0 fully saturated rings. The van der Waals surface area contributed by atoms with E-state index in [1.807, 2.05) is 32.1 Å². The highest BCUT2D eigenvalue weighted by Gasteiger charge is 2.01. The molecule has 0 aliphatic rings. The summed E-state index contributed by atoms with van der Waals surface area (Å²) in [6.45, 7) is 2.10. The maximum Gasteiger partial charge on any atom is 0.0408 e. The summed E-state index contributed by atoms with van der Waals surface area (Å²) in [5, 5.41) is 0. The van der Waals surface area contributed by atoms with Gasteiger partial charge in [0.1, 0.15) is 0 Å². The van der Waals surface area contributed by atoms with Crippen LogP contribution in [0.25, 0.3) is 0 Å². The largest absolute Gasteiger partial charge is 0.345 e. The summed E-state index contributed by atoms with van der Waals surface area (Å²) < 4.78 is 0. The maximum absolute atomic E-state index is 2.18. The third kappa shape index (κ3) is 5.58. The second kappa shape index (κ2) is 7.59. The lowest BCUT2D eigenvalue weighted by Gasteiger charge is -2.19. The molecule has 0 spiro atoms. The number of aryl methyl sites for hydroxylation is 1. The summed E-state index contributed by atoms with van der Waals surface area (Å²) in [4.78, 5) is 4.18. The second-order valence-corrected chi connectivity index (χ2v) is 5.07. The molecule has 0 aliphatic carbocycles. The lowest BCUT2D eigenvalue weighted by molar-refractivity contribution is 0.505. The van der Waals surface area contributed by atoms with Crippen LogP contribution in [0.5, 0.6) is 0 Å². The van der Waals surface area contributed by atoms with Crippen LogP contribution < -0.4 is 4.90 Å². The zero-order valence-corrected chi connectivity index (χ0v) is 12.6. The molecule has 102 valence electrons. The topological polar surface area (TPSA) is 6.48 Å². The Kier molecular flexibility index (Phi) is 6.10. The number of rotatable bonds is 2. The second-order valence-electron chi connectivity index (χ2n) is 5.07. The predicted octanol–water partition coefficient (Wildman–Crippen LogP) is 3.94. The lowest BCUT2D eigenvalue weighted by Crippen LogP contribution is -2.08. The van der Waals surface area contributed by atoms with Crippen molar-refractivity contribution in [2.24, 2.45) is 0 Å². The van der Waals surface area contributed by atoms with Crippen molar-refractivity contribution in [1.82, 2.24) is 4.90 Å². The van der Waals surface area contributed by atoms with E-state index >= 15 is 0 Å². The summed E-state index contributed by atoms with van der Waals surface area (Å²) in [6.07, 6.45) is 0. The molecule has 0 unspecified atom stereocenters. The first-order valence-corrected chi connectivity index (χ1v) is 6.47. The normalized spacial score (nSPS) is 9.79. The number of para-hydroxylation sites is 1. The zero-order chi connectivity index (χ0) is 14.3. The van der Waals surface area contributed by atoms with Crippen LogP contribution in [0, 0.1) is 6.92 Å². The molecule has 0 saturated carbocycles. The van der Waals surface area contributed by atoms with E-state index in [1.54, 1.807) is 0 Å². The molecule has 0 N–H and O–H groups in total. The highest BCUT2D eigenvalue weighted by molar-refractivity contribution is 5.62. The van der Waals surface area contributed by atoms with E-state index in [2.05, 4.69) is 67.4 Å². The van der Waals surface area contributed by atoms with Gasteiger partial charge in [-0.05, 0) is 52.3 Å². The third-order valence-electron chi connectivity index (χ3n) is 2.56. The van der Waals surface area contributed by atoms with Crippen LogP contribution in [0.1, 0.15) is 5.56 Å². The van der Waals surface area contributed by atoms with Crippen molar-refractivity contribution < 1.29 is 0 Å². The van der Waals surface area contributed by atoms with Gasteiger partial charge in [-0.25, -0.2) is 0 Å². The first kappa shape index (κ1) is 15.3. The first-order valence-electron chi connectivity index (χ1n) is 6.47. The van der Waals surface area contributed by atoms with Crippen molar-refractivity contribution in [3.8, 4) is 0 Å². The number of anilines is 2. The molecule has 2 rings (SSSR count). The lowest BCUT2D eigenvalue weighted by atomic mass is 10.2. The van der Waals surface area contributed by atoms with Crippen LogP contribution >= 0.6 is 0 Å². The van der Waals surface area contributed by atoms with Gasteiger partial charge in [-0.3, -0.25) is 0 Å². The molecule has 0 saturated heterocycles. The number of benzene rings is 2. The molecule has 0 atom stereocenters. The molecular weight excluding hydrogens is 232 g/mol. The molecule has 19 heavy (non-hydrogen) atoms. The van der Waals surface area contributed by atoms with E-state index < -0.39 is 0 Å². The molecular formula is C17H24N2. The standard InChI is InChI=1S/C14H15N.C3H9N/c1-12-8-10-14(11-9-12)15(2)13-6-4-3-5-7-13;1-4(2)3/h3-11H,1-2H3;1-3H3. The minimum absolute atomic E-state index is 1.21. The Morgan fingerprint density at radius 2 is 1.05 bits per heavy atom. The minimum atomic E-state index is 1.21. The minimum Gasteiger partial charge on any atom is -0.345 e. The fourth-order valence-electron chi connectivity index (χ4n) is 1.57. The van der Waals surface area contributed by atoms with Crippen LogP contribution in [0.3, 0.4) is 0 Å². The van der Waals surface area contributed by atoms with Gasteiger partial charge in [-0.2, -0.15) is 0 Å². The van der Waals surface area contributed by atoms with E-state index in [0.29, 0.717) is 0 Å². The van der Waals surface area contributed by atoms with Crippen LogP contribution in [0.15, 0.2) is 54.6 Å². The molecule has 0 bridgehead atoms. The van der Waals surface area contributed by atoms with Crippen LogP contribution in [0.4, 0.5) is 11.4 Å². The van der Waals surface area contributed by atoms with Crippen molar-refractivity contribution in [3.05, 3.63) is 60.2 Å². The van der Waals surface area contributed by atoms with Crippen LogP contribution in [-0.4, -0.2) is 33.1 Å². The Balaban J connectivity index is 0.000000399. The van der Waals surface area contributed by atoms with Crippen molar-refractivity contribution in [1.29, 1.82) is 0 Å². The molecule has 2 aromatic rings. The van der Waals surface area contributed by atoms with Gasteiger partial charge >= 0.3 is 0 Å². The van der Waals surface area contributed by atoms with Gasteiger partial charge < -0.3 is 9.80 Å². The van der Waals surface area contributed by atoms with Gasteiger partial charge in [0.05, 0.1) is 0 Å². The van der Waals surface area contributed by atoms with E-state index in [0.717, 1.165) is 0 Å². The number of hydrogen-bond donors (Lipinski definition) is 0. The van der Waals surface area contributed by atoms with Gasteiger partial charge in [0.2, 0.25) is 0 Å². The Hall–Kier alpha value is -1.80. The van der Waals surface area contributed by atoms with Crippen LogP contribution in [0.2, 0.25) is 0 Å². The van der Waals surface area contributed by atoms with Crippen LogP contribution in [-0.2, 0) is 0 Å². The predicted molar refractivity (Wildman–Crippen MR) is 85.3 cm³/mol. The molecule has 0 radical (unpaired) electrons. The summed E-state index contributed by atoms with van der Waals surface area (Å²) in [6, 6.07) is 18.9. The monoisotopic (exact) mass is 256 g/mol. The fraction of sp³-hybridized carbons (Fsp3) is 0.294. The van der Waals surface area contributed by atoms with Gasteiger partial charge in [-0.1, -0.05) is 35.9 Å². The molecule has 2 nitrogen and oxygen atoms in total. The Morgan fingerprint density at radius 3 is 1.53 bits per heavy atom. The van der Waals surface area contributed by atoms with E-state index in [9.17, 15) is 0 Å². The third-order valence-corrected chi connectivity index (χ3v) is 2.56. The van der Waals surface area contributed by atoms with E-state index in [-0.39, 0.29) is 0 Å². The Labute approximate surface area is 117 Å². The first-order chi connectivity index (χ1) is 9.00. The van der Waals surface area contributed by atoms with Gasteiger partial charge in [0.15, 0.2) is 0 Å². The van der Waals surface area contributed by atoms with Crippen molar-refractivity contribution in [2.45, 2.75) is 6.92 Å². The molecule has 0 aromatic heterocycles. The summed E-state index contributed by atoms with van der Waals surface area (Å²) in [7, 11) is 8.08. The molecule has 2 aromatic carbocycles. The average molecular weight is 256 g/mol. The van der Waals surface area contributed by atoms with Gasteiger partial charge in [0, 0.05) is 18.4 Å². The summed E-state index contributed by atoms with van der Waals surface area (Å²) >= 11 is 0. The maximum atomic E-state index is 2.18. The quantitative estimate of drug-likeness (QED) is 0.803. The summed E-state index contributed by atoms with van der Waals surface area (Å²) in [5.74, 6) is 0. The number of hydrogen-bond acceptors (Lipinski definition) is 2.